The zero-order chi connectivity index (χ0) is 18.9. The summed E-state index contributed by atoms with van der Waals surface area (Å²) in [5, 5.41) is 2.62. The van der Waals surface area contributed by atoms with Crippen molar-refractivity contribution in [1.29, 1.82) is 0 Å². The number of amides is 1. The van der Waals surface area contributed by atoms with Crippen LogP contribution in [-0.4, -0.2) is 23.6 Å². The highest BCUT2D eigenvalue weighted by Crippen LogP contribution is 2.33. The lowest BCUT2D eigenvalue weighted by atomic mass is 10.1. The zero-order valence-corrected chi connectivity index (χ0v) is 15.0. The Labute approximate surface area is 154 Å². The van der Waals surface area contributed by atoms with Crippen LogP contribution in [0, 0.1) is 0 Å². The first-order chi connectivity index (χ1) is 12.3. The number of likely N-dealkylation sites (tertiary alicyclic amines) is 1. The summed E-state index contributed by atoms with van der Waals surface area (Å²) in [5.41, 5.74) is 0.301. The Kier molecular flexibility index (Phi) is 5.29. The molecule has 2 aromatic rings. The largest absolute Gasteiger partial charge is 0.416 e. The summed E-state index contributed by atoms with van der Waals surface area (Å²) in [4.78, 5) is 13.5. The molecule has 3 rings (SSSR count). The van der Waals surface area contributed by atoms with E-state index in [0.29, 0.717) is 0 Å². The lowest BCUT2D eigenvalue weighted by Crippen LogP contribution is -3.11. The minimum Gasteiger partial charge on any atom is -0.350 e. The summed E-state index contributed by atoms with van der Waals surface area (Å²) in [6.45, 7) is 1.03. The SMILES string of the molecule is Cn1cccc1[C@@H]1CCC[NH+]1CC(=O)Nc1cc(C(F)(F)F)ccc1Cl. The number of nitrogens with one attached hydrogen (secondary N) is 2. The van der Waals surface area contributed by atoms with Gasteiger partial charge in [-0.25, -0.2) is 0 Å². The molecular weight excluding hydrogens is 367 g/mol. The van der Waals surface area contributed by atoms with Gasteiger partial charge in [-0.05, 0) is 30.3 Å². The summed E-state index contributed by atoms with van der Waals surface area (Å²) in [6.07, 6.45) is -0.538. The van der Waals surface area contributed by atoms with Crippen molar-refractivity contribution in [2.45, 2.75) is 25.1 Å². The quantitative estimate of drug-likeness (QED) is 0.832. The number of alkyl halides is 3. The van der Waals surface area contributed by atoms with E-state index in [9.17, 15) is 18.0 Å². The van der Waals surface area contributed by atoms with E-state index in [-0.39, 0.29) is 29.2 Å². The van der Waals surface area contributed by atoms with Crippen molar-refractivity contribution in [1.82, 2.24) is 4.57 Å². The van der Waals surface area contributed by atoms with Crippen LogP contribution in [0.4, 0.5) is 18.9 Å². The van der Waals surface area contributed by atoms with E-state index in [1.807, 2.05) is 29.9 Å². The van der Waals surface area contributed by atoms with Crippen molar-refractivity contribution in [2.75, 3.05) is 18.4 Å². The van der Waals surface area contributed by atoms with Crippen LogP contribution in [-0.2, 0) is 18.0 Å². The first kappa shape index (κ1) is 18.8. The van der Waals surface area contributed by atoms with Crippen molar-refractivity contribution in [3.8, 4) is 0 Å². The third-order valence-corrected chi connectivity index (χ3v) is 5.11. The molecule has 140 valence electrons. The number of nitrogens with zero attached hydrogens (tertiary/aromatic N) is 1. The number of aryl methyl sites for hydroxylation is 1. The summed E-state index contributed by atoms with van der Waals surface area (Å²) in [5.74, 6) is -0.345. The predicted octanol–water partition coefficient (Wildman–Crippen LogP) is 3.06. The second-order valence-corrected chi connectivity index (χ2v) is 6.97. The highest BCUT2D eigenvalue weighted by molar-refractivity contribution is 6.33. The molecule has 1 aliphatic heterocycles. The molecule has 4 nitrogen and oxygen atoms in total. The van der Waals surface area contributed by atoms with Crippen LogP contribution in [0.2, 0.25) is 5.02 Å². The molecule has 0 bridgehead atoms. The van der Waals surface area contributed by atoms with Gasteiger partial charge in [0.1, 0.15) is 6.04 Å². The van der Waals surface area contributed by atoms with Crippen molar-refractivity contribution in [2.24, 2.45) is 7.05 Å². The lowest BCUT2D eigenvalue weighted by Gasteiger charge is -2.22. The average Bonchev–Trinajstić information content (AvgIpc) is 3.16. The molecule has 1 aromatic heterocycles. The van der Waals surface area contributed by atoms with Crippen molar-refractivity contribution >= 4 is 23.2 Å². The van der Waals surface area contributed by atoms with Gasteiger partial charge in [-0.1, -0.05) is 11.6 Å². The molecule has 0 spiro atoms. The Morgan fingerprint density at radius 3 is 2.81 bits per heavy atom. The standard InChI is InChI=1S/C18H19ClF3N3O/c1-24-8-2-4-15(24)16-5-3-9-25(16)11-17(26)23-14-10-12(18(20,21)22)6-7-13(14)19/h2,4,6-8,10,16H,3,5,9,11H2,1H3,(H,23,26)/p+1/t16-/m0/s1. The molecule has 2 atom stereocenters. The van der Waals surface area contributed by atoms with Gasteiger partial charge in [0.25, 0.3) is 5.91 Å². The van der Waals surface area contributed by atoms with Crippen LogP contribution in [0.1, 0.15) is 30.1 Å². The van der Waals surface area contributed by atoms with Gasteiger partial charge in [0, 0.05) is 26.1 Å². The molecule has 2 N–H and O–H groups in total. The Bertz CT molecular complexity index is 803. The summed E-state index contributed by atoms with van der Waals surface area (Å²) < 4.78 is 40.6. The Hall–Kier alpha value is -1.99. The summed E-state index contributed by atoms with van der Waals surface area (Å²) in [7, 11) is 1.97. The summed E-state index contributed by atoms with van der Waals surface area (Å²) >= 11 is 5.95. The highest BCUT2D eigenvalue weighted by atomic mass is 35.5. The third kappa shape index (κ3) is 4.04. The summed E-state index contributed by atoms with van der Waals surface area (Å²) in [6, 6.07) is 7.13. The molecule has 1 aliphatic rings. The maximum absolute atomic E-state index is 12.8. The molecule has 1 unspecified atom stereocenters. The topological polar surface area (TPSA) is 38.5 Å². The van der Waals surface area contributed by atoms with Crippen molar-refractivity contribution in [3.63, 3.8) is 0 Å². The van der Waals surface area contributed by atoms with Gasteiger partial charge in [0.2, 0.25) is 0 Å². The number of carbonyl (C=O) groups is 1. The van der Waals surface area contributed by atoms with Crippen LogP contribution in [0.15, 0.2) is 36.5 Å². The lowest BCUT2D eigenvalue weighted by molar-refractivity contribution is -0.910. The number of benzene rings is 1. The molecule has 0 saturated carbocycles. The van der Waals surface area contributed by atoms with E-state index < -0.39 is 11.7 Å². The van der Waals surface area contributed by atoms with Crippen molar-refractivity contribution in [3.05, 3.63) is 52.8 Å². The molecular formula is C18H20ClF3N3O+. The molecule has 26 heavy (non-hydrogen) atoms. The van der Waals surface area contributed by atoms with Gasteiger partial charge in [-0.15, -0.1) is 0 Å². The van der Waals surface area contributed by atoms with E-state index >= 15 is 0 Å². The fraction of sp³-hybridized carbons (Fsp3) is 0.389. The van der Waals surface area contributed by atoms with Crippen LogP contribution in [0.5, 0.6) is 0 Å². The molecule has 0 aliphatic carbocycles. The van der Waals surface area contributed by atoms with Gasteiger partial charge in [-0.3, -0.25) is 4.79 Å². The molecule has 1 fully saturated rings. The zero-order valence-electron chi connectivity index (χ0n) is 14.2. The monoisotopic (exact) mass is 386 g/mol. The van der Waals surface area contributed by atoms with E-state index in [4.69, 9.17) is 11.6 Å². The maximum Gasteiger partial charge on any atom is 0.416 e. The Morgan fingerprint density at radius 2 is 2.15 bits per heavy atom. The minimum absolute atomic E-state index is 0.0134. The molecule has 0 radical (unpaired) electrons. The fourth-order valence-electron chi connectivity index (χ4n) is 3.51. The number of aromatic nitrogens is 1. The first-order valence-corrected chi connectivity index (χ1v) is 8.76. The van der Waals surface area contributed by atoms with Crippen LogP contribution >= 0.6 is 11.6 Å². The van der Waals surface area contributed by atoms with Crippen LogP contribution in [0.3, 0.4) is 0 Å². The second kappa shape index (κ2) is 7.32. The van der Waals surface area contributed by atoms with E-state index in [2.05, 4.69) is 5.32 Å². The normalized spacial score (nSPS) is 20.3. The number of rotatable bonds is 4. The molecule has 1 saturated heterocycles. The van der Waals surface area contributed by atoms with Crippen LogP contribution in [0.25, 0.3) is 0 Å². The molecule has 1 aromatic carbocycles. The molecule has 1 amide bonds. The maximum atomic E-state index is 12.8. The van der Waals surface area contributed by atoms with Crippen molar-refractivity contribution < 1.29 is 22.9 Å². The molecule has 8 heteroatoms. The number of halogens is 4. The van der Waals surface area contributed by atoms with E-state index in [1.54, 1.807) is 0 Å². The molecule has 2 heterocycles. The first-order valence-electron chi connectivity index (χ1n) is 8.38. The predicted molar refractivity (Wildman–Crippen MR) is 93.2 cm³/mol. The van der Waals surface area contributed by atoms with Gasteiger partial charge >= 0.3 is 6.18 Å². The van der Waals surface area contributed by atoms with Gasteiger partial charge in [0.05, 0.1) is 28.5 Å². The number of hydrogen-bond acceptors (Lipinski definition) is 1. The highest BCUT2D eigenvalue weighted by Gasteiger charge is 2.34. The minimum atomic E-state index is -4.48. The fourth-order valence-corrected chi connectivity index (χ4v) is 3.68. The third-order valence-electron chi connectivity index (χ3n) is 4.78. The number of quaternary nitrogens is 1. The average molecular weight is 387 g/mol. The smallest absolute Gasteiger partial charge is 0.350 e. The second-order valence-electron chi connectivity index (χ2n) is 6.56. The number of anilines is 1. The Balaban J connectivity index is 1.70. The van der Waals surface area contributed by atoms with Crippen LogP contribution < -0.4 is 10.2 Å². The van der Waals surface area contributed by atoms with E-state index in [0.717, 1.165) is 48.2 Å². The van der Waals surface area contributed by atoms with E-state index in [1.165, 1.54) is 0 Å². The Morgan fingerprint density at radius 1 is 1.38 bits per heavy atom. The van der Waals surface area contributed by atoms with Gasteiger partial charge in [0.15, 0.2) is 6.54 Å². The number of hydrogen-bond donors (Lipinski definition) is 2. The van der Waals surface area contributed by atoms with Gasteiger partial charge < -0.3 is 14.8 Å². The number of carbonyl (C=O) groups excluding carboxylic acids is 1. The van der Waals surface area contributed by atoms with Gasteiger partial charge in [-0.2, -0.15) is 13.2 Å².